The zero-order chi connectivity index (χ0) is 14.8. The second-order valence-electron chi connectivity index (χ2n) is 4.27. The van der Waals surface area contributed by atoms with Gasteiger partial charge in [0.05, 0.1) is 24.3 Å². The molecule has 0 amide bonds. The third-order valence-electron chi connectivity index (χ3n) is 2.95. The van der Waals surface area contributed by atoms with E-state index in [9.17, 15) is 30.8 Å². The number of aliphatic carboxylic acids is 1. The smallest absolute Gasteiger partial charge is 0.393 e. The molecule has 0 aromatic carbocycles. The Morgan fingerprint density at radius 3 is 2.26 bits per heavy atom. The van der Waals surface area contributed by atoms with Gasteiger partial charge in [-0.2, -0.15) is 13.2 Å². The van der Waals surface area contributed by atoms with E-state index in [1.54, 1.807) is 0 Å². The Morgan fingerprint density at radius 2 is 1.89 bits per heavy atom. The van der Waals surface area contributed by atoms with Crippen molar-refractivity contribution < 1.29 is 35.9 Å². The van der Waals surface area contributed by atoms with Gasteiger partial charge in [0.1, 0.15) is 0 Å². The van der Waals surface area contributed by atoms with Crippen molar-refractivity contribution in [1.29, 1.82) is 0 Å². The second-order valence-corrected chi connectivity index (χ2v) is 6.36. The van der Waals surface area contributed by atoms with Crippen LogP contribution < -0.4 is 0 Å². The van der Waals surface area contributed by atoms with E-state index in [2.05, 4.69) is 0 Å². The molecule has 0 radical (unpaired) electrons. The fourth-order valence-electron chi connectivity index (χ4n) is 1.94. The molecule has 1 saturated heterocycles. The number of alkyl halides is 4. The molecule has 0 saturated carbocycles. The molecule has 0 unspecified atom stereocenters. The molecule has 1 aliphatic rings. The molecule has 1 rings (SSSR count). The molecule has 0 aromatic rings. The highest BCUT2D eigenvalue weighted by Gasteiger charge is 2.54. The molecule has 0 bridgehead atoms. The van der Waals surface area contributed by atoms with Crippen LogP contribution in [0.5, 0.6) is 0 Å². The first-order chi connectivity index (χ1) is 8.59. The van der Waals surface area contributed by atoms with E-state index in [-0.39, 0.29) is 6.42 Å². The van der Waals surface area contributed by atoms with Gasteiger partial charge in [0.25, 0.3) is 0 Å². The number of carboxylic acid groups (broad SMARTS) is 1. The van der Waals surface area contributed by atoms with Crippen molar-refractivity contribution in [3.63, 3.8) is 0 Å². The van der Waals surface area contributed by atoms with Crippen molar-refractivity contribution in [2.45, 2.75) is 12.6 Å². The molecule has 1 fully saturated rings. The molecule has 5 nitrogen and oxygen atoms in total. The maximum absolute atomic E-state index is 12.6. The van der Waals surface area contributed by atoms with Gasteiger partial charge < -0.3 is 5.11 Å². The van der Waals surface area contributed by atoms with Gasteiger partial charge in [0.15, 0.2) is 0 Å². The highest BCUT2D eigenvalue weighted by atomic mass is 32.2. The summed E-state index contributed by atoms with van der Waals surface area (Å²) >= 11 is 0. The van der Waals surface area contributed by atoms with Crippen molar-refractivity contribution in [2.75, 3.05) is 25.5 Å². The van der Waals surface area contributed by atoms with Crippen LogP contribution in [0.25, 0.3) is 0 Å². The summed E-state index contributed by atoms with van der Waals surface area (Å²) in [6.45, 7) is -2.55. The zero-order valence-corrected chi connectivity index (χ0v) is 10.5. The summed E-state index contributed by atoms with van der Waals surface area (Å²) < 4.78 is 73.6. The van der Waals surface area contributed by atoms with Crippen molar-refractivity contribution >= 4 is 16.0 Å². The minimum atomic E-state index is -4.78. The van der Waals surface area contributed by atoms with E-state index in [1.807, 2.05) is 0 Å². The number of rotatable bonds is 5. The van der Waals surface area contributed by atoms with Gasteiger partial charge in [-0.3, -0.25) is 9.18 Å². The minimum absolute atomic E-state index is 0.326. The third kappa shape index (κ3) is 3.78. The molecule has 1 heterocycles. The molecular formula is C9H13F4NO4S. The van der Waals surface area contributed by atoms with Crippen LogP contribution in [0.4, 0.5) is 17.6 Å². The van der Waals surface area contributed by atoms with Crippen LogP contribution in [-0.2, 0) is 14.8 Å². The normalized spacial score (nSPS) is 25.7. The molecule has 1 N–H and O–H groups in total. The maximum atomic E-state index is 12.6. The summed E-state index contributed by atoms with van der Waals surface area (Å²) in [6, 6.07) is 0. The summed E-state index contributed by atoms with van der Waals surface area (Å²) in [5.41, 5.74) is 0. The van der Waals surface area contributed by atoms with Crippen LogP contribution in [0.1, 0.15) is 6.42 Å². The third-order valence-corrected chi connectivity index (χ3v) is 4.84. The van der Waals surface area contributed by atoms with E-state index < -0.39 is 59.5 Å². The van der Waals surface area contributed by atoms with Crippen LogP contribution in [0, 0.1) is 11.8 Å². The molecule has 2 atom stereocenters. The number of hydrogen-bond donors (Lipinski definition) is 1. The first-order valence-electron chi connectivity index (χ1n) is 5.43. The molecule has 112 valence electrons. The SMILES string of the molecule is O=C(O)[C@@H]1CN(S(=O)(=O)CCCF)C[C@H]1C(F)(F)F. The van der Waals surface area contributed by atoms with E-state index in [1.165, 1.54) is 0 Å². The molecule has 0 spiro atoms. The van der Waals surface area contributed by atoms with Crippen molar-refractivity contribution in [1.82, 2.24) is 4.31 Å². The summed E-state index contributed by atoms with van der Waals surface area (Å²) in [7, 11) is -4.05. The van der Waals surface area contributed by atoms with Gasteiger partial charge in [-0.25, -0.2) is 12.7 Å². The fraction of sp³-hybridized carbons (Fsp3) is 0.889. The number of carbonyl (C=O) groups is 1. The highest BCUT2D eigenvalue weighted by Crippen LogP contribution is 2.38. The van der Waals surface area contributed by atoms with E-state index in [0.717, 1.165) is 0 Å². The predicted octanol–water partition coefficient (Wildman–Crippen LogP) is 0.871. The van der Waals surface area contributed by atoms with E-state index >= 15 is 0 Å². The van der Waals surface area contributed by atoms with E-state index in [4.69, 9.17) is 5.11 Å². The lowest BCUT2D eigenvalue weighted by Gasteiger charge is -2.18. The molecule has 19 heavy (non-hydrogen) atoms. The zero-order valence-electron chi connectivity index (χ0n) is 9.73. The summed E-state index contributed by atoms with van der Waals surface area (Å²) in [5, 5.41) is 8.73. The first kappa shape index (κ1) is 16.2. The van der Waals surface area contributed by atoms with Crippen molar-refractivity contribution in [3.05, 3.63) is 0 Å². The Morgan fingerprint density at radius 1 is 1.32 bits per heavy atom. The lowest BCUT2D eigenvalue weighted by atomic mass is 9.96. The first-order valence-corrected chi connectivity index (χ1v) is 7.04. The summed E-state index contributed by atoms with van der Waals surface area (Å²) in [6.07, 6.45) is -5.11. The standard InChI is InChI=1S/C9H13F4NO4S/c10-2-1-3-19(17,18)14-4-6(8(15)16)7(5-14)9(11,12)13/h6-7H,1-5H2,(H,15,16)/t6-,7-/m1/s1. The topological polar surface area (TPSA) is 74.7 Å². The lowest BCUT2D eigenvalue weighted by molar-refractivity contribution is -0.187. The predicted molar refractivity (Wildman–Crippen MR) is 56.6 cm³/mol. The van der Waals surface area contributed by atoms with Crippen LogP contribution in [0.2, 0.25) is 0 Å². The van der Waals surface area contributed by atoms with Gasteiger partial charge in [0, 0.05) is 13.1 Å². The summed E-state index contributed by atoms with van der Waals surface area (Å²) in [4.78, 5) is 10.8. The molecule has 0 aromatic heterocycles. The Kier molecular flexibility index (Phi) is 4.77. The molecular weight excluding hydrogens is 294 g/mol. The monoisotopic (exact) mass is 307 g/mol. The summed E-state index contributed by atoms with van der Waals surface area (Å²) in [5.74, 6) is -6.36. The number of carboxylic acids is 1. The van der Waals surface area contributed by atoms with Crippen molar-refractivity contribution in [3.8, 4) is 0 Å². The van der Waals surface area contributed by atoms with Gasteiger partial charge in [-0.1, -0.05) is 0 Å². The van der Waals surface area contributed by atoms with Crippen LogP contribution in [-0.4, -0.2) is 55.5 Å². The van der Waals surface area contributed by atoms with Crippen LogP contribution in [0.15, 0.2) is 0 Å². The largest absolute Gasteiger partial charge is 0.481 e. The Bertz CT molecular complexity index is 436. The quantitative estimate of drug-likeness (QED) is 0.765. The minimum Gasteiger partial charge on any atom is -0.481 e. The molecule has 1 aliphatic heterocycles. The van der Waals surface area contributed by atoms with Gasteiger partial charge in [-0.05, 0) is 6.42 Å². The average Bonchev–Trinajstić information content (AvgIpc) is 2.71. The van der Waals surface area contributed by atoms with E-state index in [0.29, 0.717) is 4.31 Å². The maximum Gasteiger partial charge on any atom is 0.393 e. The number of nitrogens with zero attached hydrogens (tertiary/aromatic N) is 1. The molecule has 10 heteroatoms. The van der Waals surface area contributed by atoms with Crippen LogP contribution >= 0.6 is 0 Å². The lowest BCUT2D eigenvalue weighted by Crippen LogP contribution is -2.34. The van der Waals surface area contributed by atoms with Gasteiger partial charge in [-0.15, -0.1) is 0 Å². The number of sulfonamides is 1. The second kappa shape index (κ2) is 5.61. The van der Waals surface area contributed by atoms with Crippen LogP contribution in [0.3, 0.4) is 0 Å². The Hall–Kier alpha value is -0.900. The Balaban J connectivity index is 2.90. The number of halogens is 4. The number of hydrogen-bond acceptors (Lipinski definition) is 3. The Labute approximate surface area is 107 Å². The van der Waals surface area contributed by atoms with Gasteiger partial charge >= 0.3 is 12.1 Å². The molecule has 0 aliphatic carbocycles. The van der Waals surface area contributed by atoms with Gasteiger partial charge in [0.2, 0.25) is 10.0 Å². The fourth-order valence-corrected chi connectivity index (χ4v) is 3.45. The highest BCUT2D eigenvalue weighted by molar-refractivity contribution is 7.89. The van der Waals surface area contributed by atoms with Crippen molar-refractivity contribution in [2.24, 2.45) is 11.8 Å². The average molecular weight is 307 g/mol.